The van der Waals surface area contributed by atoms with Crippen LogP contribution in [0.4, 0.5) is 0 Å². The SMILES string of the molecule is CC(C)(C)OC(=O)CC(c1ccccc1)C1(C(CC(=O)OC(C)(C)C)c2ccccc2)c2ccccc2-c2ccccc21. The Morgan fingerprint density at radius 3 is 1.21 bits per heavy atom. The molecule has 0 N–H and O–H groups in total. The molecule has 4 aromatic rings. The molecule has 43 heavy (non-hydrogen) atoms. The van der Waals surface area contributed by atoms with Gasteiger partial charge in [0.1, 0.15) is 11.2 Å². The second kappa shape index (κ2) is 11.8. The number of rotatable bonds is 8. The Labute approximate surface area is 256 Å². The zero-order chi connectivity index (χ0) is 30.8. The smallest absolute Gasteiger partial charge is 0.306 e. The van der Waals surface area contributed by atoms with Crippen LogP contribution in [0, 0.1) is 0 Å². The molecule has 0 spiro atoms. The van der Waals surface area contributed by atoms with Crippen LogP contribution < -0.4 is 0 Å². The number of ether oxygens (including phenoxy) is 2. The first-order chi connectivity index (χ1) is 20.4. The summed E-state index contributed by atoms with van der Waals surface area (Å²) in [6.07, 6.45) is 0.281. The van der Waals surface area contributed by atoms with Gasteiger partial charge in [-0.1, -0.05) is 109 Å². The number of fused-ring (bicyclic) bond motifs is 3. The van der Waals surface area contributed by atoms with E-state index in [2.05, 4.69) is 72.8 Å². The molecule has 0 fully saturated rings. The monoisotopic (exact) mass is 574 g/mol. The molecule has 0 amide bonds. The van der Waals surface area contributed by atoms with Crippen molar-refractivity contribution >= 4 is 11.9 Å². The third-order valence-electron chi connectivity index (χ3n) is 8.12. The van der Waals surface area contributed by atoms with E-state index in [0.717, 1.165) is 33.4 Å². The highest BCUT2D eigenvalue weighted by Crippen LogP contribution is 2.63. The van der Waals surface area contributed by atoms with Crippen LogP contribution in [0.3, 0.4) is 0 Å². The summed E-state index contributed by atoms with van der Waals surface area (Å²) < 4.78 is 11.9. The molecule has 2 atom stereocenters. The Hall–Kier alpha value is -4.18. The third kappa shape index (κ3) is 6.29. The summed E-state index contributed by atoms with van der Waals surface area (Å²) in [6.45, 7) is 11.4. The Morgan fingerprint density at radius 2 is 0.860 bits per heavy atom. The van der Waals surface area contributed by atoms with Gasteiger partial charge in [0.05, 0.1) is 12.8 Å². The lowest BCUT2D eigenvalue weighted by Crippen LogP contribution is -2.42. The van der Waals surface area contributed by atoms with Crippen LogP contribution in [-0.2, 0) is 24.5 Å². The number of esters is 2. The van der Waals surface area contributed by atoms with Crippen molar-refractivity contribution in [3.05, 3.63) is 131 Å². The minimum absolute atomic E-state index is 0.140. The molecule has 4 aromatic carbocycles. The average molecular weight is 575 g/mol. The molecule has 0 aromatic heterocycles. The van der Waals surface area contributed by atoms with Gasteiger partial charge in [0, 0.05) is 17.3 Å². The highest BCUT2D eigenvalue weighted by Gasteiger charge is 2.55. The van der Waals surface area contributed by atoms with Crippen molar-refractivity contribution in [2.45, 2.75) is 82.8 Å². The quantitative estimate of drug-likeness (QED) is 0.197. The molecular weight excluding hydrogens is 532 g/mol. The second-order valence-electron chi connectivity index (χ2n) is 13.5. The summed E-state index contributed by atoms with van der Waals surface area (Å²) >= 11 is 0. The molecule has 4 heteroatoms. The summed E-state index contributed by atoms with van der Waals surface area (Å²) in [5, 5.41) is 0. The number of benzene rings is 4. The highest BCUT2D eigenvalue weighted by atomic mass is 16.6. The molecule has 0 heterocycles. The van der Waals surface area contributed by atoms with Gasteiger partial charge in [0.15, 0.2) is 0 Å². The summed E-state index contributed by atoms with van der Waals surface area (Å²) in [7, 11) is 0. The minimum Gasteiger partial charge on any atom is -0.460 e. The largest absolute Gasteiger partial charge is 0.460 e. The minimum atomic E-state index is -0.788. The molecular formula is C39H42O4. The van der Waals surface area contributed by atoms with Crippen LogP contribution in [0.15, 0.2) is 109 Å². The summed E-state index contributed by atoms with van der Waals surface area (Å²) in [5.74, 6) is -1.24. The molecule has 222 valence electrons. The Kier molecular flexibility index (Phi) is 8.34. The predicted molar refractivity (Wildman–Crippen MR) is 172 cm³/mol. The first-order valence-corrected chi connectivity index (χ1v) is 15.1. The highest BCUT2D eigenvalue weighted by molar-refractivity contribution is 5.85. The van der Waals surface area contributed by atoms with Crippen LogP contribution in [0.2, 0.25) is 0 Å². The first-order valence-electron chi connectivity index (χ1n) is 15.1. The zero-order valence-corrected chi connectivity index (χ0v) is 26.1. The molecule has 0 saturated carbocycles. The molecule has 0 aliphatic heterocycles. The van der Waals surface area contributed by atoms with E-state index in [1.54, 1.807) is 0 Å². The molecule has 0 bridgehead atoms. The van der Waals surface area contributed by atoms with Crippen LogP contribution in [0.25, 0.3) is 11.1 Å². The van der Waals surface area contributed by atoms with E-state index in [1.807, 2.05) is 77.9 Å². The van der Waals surface area contributed by atoms with Gasteiger partial charge in [-0.3, -0.25) is 9.59 Å². The molecule has 4 nitrogen and oxygen atoms in total. The molecule has 0 saturated heterocycles. The maximum Gasteiger partial charge on any atom is 0.306 e. The van der Waals surface area contributed by atoms with Crippen molar-refractivity contribution in [2.24, 2.45) is 0 Å². The van der Waals surface area contributed by atoms with Crippen molar-refractivity contribution in [2.75, 3.05) is 0 Å². The van der Waals surface area contributed by atoms with E-state index >= 15 is 0 Å². The Morgan fingerprint density at radius 1 is 0.535 bits per heavy atom. The fourth-order valence-corrected chi connectivity index (χ4v) is 6.85. The Bertz CT molecular complexity index is 1450. The predicted octanol–water partition coefficient (Wildman–Crippen LogP) is 8.98. The standard InChI is InChI=1S/C39H42O4/c1-37(2,3)42-35(40)25-33(27-17-9-7-10-18-27)39(31-23-15-13-21-29(31)30-22-14-16-24-32(30)39)34(28-19-11-8-12-20-28)26-36(41)43-38(4,5)6/h7-24,33-34H,25-26H2,1-6H3. The van der Waals surface area contributed by atoms with Crippen molar-refractivity contribution in [1.82, 2.24) is 0 Å². The third-order valence-corrected chi connectivity index (χ3v) is 8.12. The van der Waals surface area contributed by atoms with Crippen LogP contribution in [-0.4, -0.2) is 23.1 Å². The van der Waals surface area contributed by atoms with Gasteiger partial charge in [0.2, 0.25) is 0 Å². The van der Waals surface area contributed by atoms with E-state index < -0.39 is 16.6 Å². The number of hydrogen-bond acceptors (Lipinski definition) is 4. The molecule has 5 rings (SSSR count). The van der Waals surface area contributed by atoms with Crippen molar-refractivity contribution in [3.8, 4) is 11.1 Å². The van der Waals surface area contributed by atoms with Gasteiger partial charge in [-0.25, -0.2) is 0 Å². The van der Waals surface area contributed by atoms with Gasteiger partial charge in [-0.05, 0) is 74.9 Å². The summed E-state index contributed by atoms with van der Waals surface area (Å²) in [4.78, 5) is 27.6. The second-order valence-corrected chi connectivity index (χ2v) is 13.5. The fraction of sp³-hybridized carbons (Fsp3) is 0.333. The molecule has 2 unspecified atom stereocenters. The van der Waals surface area contributed by atoms with E-state index in [1.165, 1.54) is 0 Å². The number of hydrogen-bond donors (Lipinski definition) is 0. The summed E-state index contributed by atoms with van der Waals surface area (Å²) in [5.41, 5.74) is 4.43. The normalized spacial score (nSPS) is 15.1. The van der Waals surface area contributed by atoms with Gasteiger partial charge >= 0.3 is 11.9 Å². The van der Waals surface area contributed by atoms with Gasteiger partial charge in [-0.2, -0.15) is 0 Å². The van der Waals surface area contributed by atoms with Crippen molar-refractivity contribution < 1.29 is 19.1 Å². The molecule has 1 aliphatic carbocycles. The van der Waals surface area contributed by atoms with E-state index in [0.29, 0.717) is 0 Å². The van der Waals surface area contributed by atoms with E-state index in [-0.39, 0.29) is 36.6 Å². The summed E-state index contributed by atoms with van der Waals surface area (Å²) in [6, 6.07) is 37.3. The first kappa shape index (κ1) is 30.3. The van der Waals surface area contributed by atoms with Gasteiger partial charge < -0.3 is 9.47 Å². The average Bonchev–Trinajstić information content (AvgIpc) is 3.25. The lowest BCUT2D eigenvalue weighted by atomic mass is 9.56. The Balaban J connectivity index is 1.85. The topological polar surface area (TPSA) is 52.6 Å². The van der Waals surface area contributed by atoms with Crippen LogP contribution in [0.1, 0.15) is 88.5 Å². The lowest BCUT2D eigenvalue weighted by Gasteiger charge is -2.46. The maximum atomic E-state index is 13.8. The lowest BCUT2D eigenvalue weighted by molar-refractivity contribution is -0.155. The number of carbonyl (C=O) groups excluding carboxylic acids is 2. The zero-order valence-electron chi connectivity index (χ0n) is 26.1. The molecule has 0 radical (unpaired) electrons. The maximum absolute atomic E-state index is 13.8. The number of carbonyl (C=O) groups is 2. The van der Waals surface area contributed by atoms with Crippen LogP contribution in [0.5, 0.6) is 0 Å². The van der Waals surface area contributed by atoms with Gasteiger partial charge in [-0.15, -0.1) is 0 Å². The van der Waals surface area contributed by atoms with Gasteiger partial charge in [0.25, 0.3) is 0 Å². The van der Waals surface area contributed by atoms with E-state index in [4.69, 9.17) is 9.47 Å². The van der Waals surface area contributed by atoms with Crippen molar-refractivity contribution in [3.63, 3.8) is 0 Å². The molecule has 1 aliphatic rings. The fourth-order valence-electron chi connectivity index (χ4n) is 6.85. The van der Waals surface area contributed by atoms with Crippen molar-refractivity contribution in [1.29, 1.82) is 0 Å². The van der Waals surface area contributed by atoms with E-state index in [9.17, 15) is 9.59 Å². The van der Waals surface area contributed by atoms with Crippen LogP contribution >= 0.6 is 0 Å².